The van der Waals surface area contributed by atoms with Crippen LogP contribution in [0.25, 0.3) is 10.9 Å². The fourth-order valence-corrected chi connectivity index (χ4v) is 3.33. The zero-order chi connectivity index (χ0) is 15.3. The van der Waals surface area contributed by atoms with Crippen LogP contribution in [0.3, 0.4) is 0 Å². The van der Waals surface area contributed by atoms with E-state index in [1.54, 1.807) is 6.07 Å². The molecule has 22 heavy (non-hydrogen) atoms. The molecule has 3 heterocycles. The van der Waals surface area contributed by atoms with Gasteiger partial charge < -0.3 is 9.88 Å². The molecule has 112 valence electrons. The summed E-state index contributed by atoms with van der Waals surface area (Å²) in [5.41, 5.74) is 0.576. The number of imidazole rings is 1. The molecular weight excluding hydrogens is 349 g/mol. The molecule has 1 aromatic carbocycles. The number of benzene rings is 1. The van der Waals surface area contributed by atoms with Crippen molar-refractivity contribution < 1.29 is 4.39 Å². The van der Waals surface area contributed by atoms with E-state index in [4.69, 9.17) is 0 Å². The minimum absolute atomic E-state index is 0.0897. The van der Waals surface area contributed by atoms with Crippen molar-refractivity contribution in [1.29, 1.82) is 0 Å². The number of halogens is 2. The molecule has 7 heteroatoms. The Morgan fingerprint density at radius 2 is 2.18 bits per heavy atom. The molecule has 0 fully saturated rings. The summed E-state index contributed by atoms with van der Waals surface area (Å²) in [5, 5.41) is 4.21. The lowest BCUT2D eigenvalue weighted by Gasteiger charge is -2.14. The summed E-state index contributed by atoms with van der Waals surface area (Å²) in [4.78, 5) is 12.9. The summed E-state index contributed by atoms with van der Waals surface area (Å²) in [6.07, 6.45) is 6.19. The molecule has 0 spiro atoms. The fraction of sp³-hybridized carbons (Fsp3) is 0.267. The average Bonchev–Trinajstić information content (AvgIpc) is 3.07. The van der Waals surface area contributed by atoms with Crippen LogP contribution in [0.5, 0.6) is 0 Å². The van der Waals surface area contributed by atoms with Gasteiger partial charge in [0, 0.05) is 29.9 Å². The Bertz CT molecular complexity index is 862. The van der Waals surface area contributed by atoms with E-state index >= 15 is 0 Å². The van der Waals surface area contributed by atoms with Crippen molar-refractivity contribution in [1.82, 2.24) is 19.5 Å². The molecule has 0 saturated heterocycles. The third-order valence-corrected chi connectivity index (χ3v) is 4.66. The highest BCUT2D eigenvalue weighted by atomic mass is 79.9. The van der Waals surface area contributed by atoms with Gasteiger partial charge in [-0.2, -0.15) is 0 Å². The molecule has 2 aromatic heterocycles. The van der Waals surface area contributed by atoms with Crippen molar-refractivity contribution >= 4 is 32.7 Å². The molecule has 0 aliphatic carbocycles. The highest BCUT2D eigenvalue weighted by Gasteiger charge is 2.29. The van der Waals surface area contributed by atoms with Gasteiger partial charge in [-0.15, -0.1) is 0 Å². The van der Waals surface area contributed by atoms with Crippen LogP contribution in [0.2, 0.25) is 0 Å². The second-order valence-electron chi connectivity index (χ2n) is 5.48. The maximum atomic E-state index is 13.7. The first-order valence-electron chi connectivity index (χ1n) is 7.02. The Hall–Kier alpha value is -2.02. The van der Waals surface area contributed by atoms with Gasteiger partial charge in [0.15, 0.2) is 0 Å². The lowest BCUT2D eigenvalue weighted by molar-refractivity contribution is 0.563. The van der Waals surface area contributed by atoms with Gasteiger partial charge in [0.1, 0.15) is 23.8 Å². The Kier molecular flexibility index (Phi) is 3.11. The maximum absolute atomic E-state index is 13.7. The van der Waals surface area contributed by atoms with E-state index in [0.29, 0.717) is 21.8 Å². The van der Waals surface area contributed by atoms with Gasteiger partial charge in [0.25, 0.3) is 0 Å². The monoisotopic (exact) mass is 361 g/mol. The van der Waals surface area contributed by atoms with Crippen molar-refractivity contribution in [2.75, 3.05) is 5.32 Å². The first-order chi connectivity index (χ1) is 10.6. The van der Waals surface area contributed by atoms with E-state index in [0.717, 1.165) is 17.6 Å². The molecule has 1 aliphatic rings. The molecule has 0 amide bonds. The van der Waals surface area contributed by atoms with Gasteiger partial charge in [-0.1, -0.05) is 0 Å². The summed E-state index contributed by atoms with van der Waals surface area (Å²) < 4.78 is 16.2. The number of nitrogens with zero attached hydrogens (tertiary/aromatic N) is 4. The SMILES string of the molecule is CC1CC(Nc2ncnc3cc(F)c(Br)cc23)c2nccn21. The Morgan fingerprint density at radius 1 is 1.32 bits per heavy atom. The largest absolute Gasteiger partial charge is 0.359 e. The summed E-state index contributed by atoms with van der Waals surface area (Å²) in [6.45, 7) is 2.16. The van der Waals surface area contributed by atoms with Crippen molar-refractivity contribution in [3.8, 4) is 0 Å². The minimum atomic E-state index is -0.331. The molecule has 0 bridgehead atoms. The van der Waals surface area contributed by atoms with Crippen LogP contribution in [0, 0.1) is 5.82 Å². The highest BCUT2D eigenvalue weighted by molar-refractivity contribution is 9.10. The summed E-state index contributed by atoms with van der Waals surface area (Å²) in [5.74, 6) is 1.36. The van der Waals surface area contributed by atoms with E-state index in [1.807, 2.05) is 12.4 Å². The summed E-state index contributed by atoms with van der Waals surface area (Å²) in [6, 6.07) is 3.60. The Balaban J connectivity index is 1.75. The van der Waals surface area contributed by atoms with Crippen LogP contribution < -0.4 is 5.32 Å². The van der Waals surface area contributed by atoms with Gasteiger partial charge in [0.2, 0.25) is 0 Å². The molecule has 0 saturated carbocycles. The molecule has 0 radical (unpaired) electrons. The van der Waals surface area contributed by atoms with Gasteiger partial charge in [-0.3, -0.25) is 0 Å². The number of rotatable bonds is 2. The third kappa shape index (κ3) is 2.08. The Labute approximate surface area is 134 Å². The van der Waals surface area contributed by atoms with Crippen molar-refractivity contribution in [2.45, 2.75) is 25.4 Å². The Morgan fingerprint density at radius 3 is 3.05 bits per heavy atom. The van der Waals surface area contributed by atoms with Crippen molar-refractivity contribution in [3.63, 3.8) is 0 Å². The molecule has 5 nitrogen and oxygen atoms in total. The highest BCUT2D eigenvalue weighted by Crippen LogP contribution is 2.36. The van der Waals surface area contributed by atoms with Gasteiger partial charge >= 0.3 is 0 Å². The molecule has 1 N–H and O–H groups in total. The summed E-state index contributed by atoms with van der Waals surface area (Å²) in [7, 11) is 0. The van der Waals surface area contributed by atoms with Crippen LogP contribution in [0.15, 0.2) is 35.3 Å². The normalized spacial score (nSPS) is 20.3. The zero-order valence-corrected chi connectivity index (χ0v) is 13.4. The van der Waals surface area contributed by atoms with Crippen LogP contribution in [0.4, 0.5) is 10.2 Å². The first-order valence-corrected chi connectivity index (χ1v) is 7.82. The van der Waals surface area contributed by atoms with E-state index < -0.39 is 0 Å². The number of hydrogen-bond acceptors (Lipinski definition) is 4. The zero-order valence-electron chi connectivity index (χ0n) is 11.8. The second kappa shape index (κ2) is 5.01. The van der Waals surface area contributed by atoms with E-state index in [1.165, 1.54) is 12.4 Å². The molecular formula is C15H13BrFN5. The predicted octanol–water partition coefficient (Wildman–Crippen LogP) is 3.85. The van der Waals surface area contributed by atoms with Crippen LogP contribution in [0.1, 0.15) is 31.3 Å². The van der Waals surface area contributed by atoms with Gasteiger partial charge in [-0.25, -0.2) is 19.3 Å². The van der Waals surface area contributed by atoms with E-state index in [9.17, 15) is 4.39 Å². The number of fused-ring (bicyclic) bond motifs is 2. The van der Waals surface area contributed by atoms with E-state index in [2.05, 4.69) is 47.7 Å². The summed E-state index contributed by atoms with van der Waals surface area (Å²) >= 11 is 3.22. The number of hydrogen-bond donors (Lipinski definition) is 1. The van der Waals surface area contributed by atoms with Crippen molar-refractivity contribution in [3.05, 3.63) is 47.0 Å². The van der Waals surface area contributed by atoms with Crippen LogP contribution in [-0.4, -0.2) is 19.5 Å². The van der Waals surface area contributed by atoms with Gasteiger partial charge in [-0.05, 0) is 35.3 Å². The molecule has 2 unspecified atom stereocenters. The molecule has 3 aromatic rings. The van der Waals surface area contributed by atoms with Crippen LogP contribution >= 0.6 is 15.9 Å². The third-order valence-electron chi connectivity index (χ3n) is 4.05. The fourth-order valence-electron chi connectivity index (χ4n) is 2.98. The number of nitrogens with one attached hydrogen (secondary N) is 1. The lowest BCUT2D eigenvalue weighted by Crippen LogP contribution is -2.10. The first kappa shape index (κ1) is 13.6. The van der Waals surface area contributed by atoms with Gasteiger partial charge in [0.05, 0.1) is 16.0 Å². The number of anilines is 1. The lowest BCUT2D eigenvalue weighted by atomic mass is 10.1. The predicted molar refractivity (Wildman–Crippen MR) is 85.1 cm³/mol. The van der Waals surface area contributed by atoms with E-state index in [-0.39, 0.29) is 11.9 Å². The topological polar surface area (TPSA) is 55.6 Å². The quantitative estimate of drug-likeness (QED) is 0.753. The molecule has 2 atom stereocenters. The maximum Gasteiger partial charge on any atom is 0.139 e. The van der Waals surface area contributed by atoms with Crippen molar-refractivity contribution in [2.24, 2.45) is 0 Å². The smallest absolute Gasteiger partial charge is 0.139 e. The number of aromatic nitrogens is 4. The minimum Gasteiger partial charge on any atom is -0.359 e. The molecule has 4 rings (SSSR count). The second-order valence-corrected chi connectivity index (χ2v) is 6.33. The van der Waals surface area contributed by atoms with Crippen LogP contribution in [-0.2, 0) is 0 Å². The standard InChI is InChI=1S/C15H13BrFN5/c1-8-4-13(15-18-2-3-22(8)15)21-14-9-5-10(16)11(17)6-12(9)19-7-20-14/h2-3,5-8,13H,4H2,1H3,(H,19,20,21). The average molecular weight is 362 g/mol. The molecule has 1 aliphatic heterocycles.